The Kier molecular flexibility index (Phi) is 6.49. The molecule has 0 radical (unpaired) electrons. The van der Waals surface area contributed by atoms with Gasteiger partial charge < -0.3 is 9.64 Å². The van der Waals surface area contributed by atoms with Crippen LogP contribution in [0.5, 0.6) is 0 Å². The molecule has 0 unspecified atom stereocenters. The predicted octanol–water partition coefficient (Wildman–Crippen LogP) is 2.99. The van der Waals surface area contributed by atoms with Crippen LogP contribution in [0, 0.1) is 6.92 Å². The highest BCUT2D eigenvalue weighted by molar-refractivity contribution is 5.94. The number of esters is 1. The van der Waals surface area contributed by atoms with E-state index in [1.165, 1.54) is 0 Å². The summed E-state index contributed by atoms with van der Waals surface area (Å²) in [4.78, 5) is 30.1. The molecule has 0 saturated carbocycles. The van der Waals surface area contributed by atoms with Gasteiger partial charge in [0.2, 0.25) is 0 Å². The molecule has 0 aliphatic rings. The molecule has 0 N–H and O–H groups in total. The number of carbonyl (C=O) groups excluding carboxylic acids is 2. The third-order valence-electron chi connectivity index (χ3n) is 3.60. The molecule has 1 heterocycles. The highest BCUT2D eigenvalue weighted by Gasteiger charge is 2.17. The highest BCUT2D eigenvalue weighted by atomic mass is 16.5. The number of carbonyl (C=O) groups is 2. The van der Waals surface area contributed by atoms with E-state index >= 15 is 0 Å². The highest BCUT2D eigenvalue weighted by Crippen LogP contribution is 2.12. The lowest BCUT2D eigenvalue weighted by molar-refractivity contribution is -0.143. The van der Waals surface area contributed by atoms with Crippen molar-refractivity contribution in [2.45, 2.75) is 26.8 Å². The van der Waals surface area contributed by atoms with Gasteiger partial charge in [-0.1, -0.05) is 17.7 Å². The van der Waals surface area contributed by atoms with Crippen molar-refractivity contribution in [2.24, 2.45) is 0 Å². The first-order chi connectivity index (χ1) is 11.6. The van der Waals surface area contributed by atoms with Crippen molar-refractivity contribution in [2.75, 3.05) is 13.2 Å². The topological polar surface area (TPSA) is 59.5 Å². The predicted molar refractivity (Wildman–Crippen MR) is 91.4 cm³/mol. The van der Waals surface area contributed by atoms with Crippen LogP contribution in [0.3, 0.4) is 0 Å². The number of nitrogens with zero attached hydrogens (tertiary/aromatic N) is 2. The van der Waals surface area contributed by atoms with E-state index in [2.05, 4.69) is 4.98 Å². The van der Waals surface area contributed by atoms with Crippen LogP contribution in [0.2, 0.25) is 0 Å². The lowest BCUT2D eigenvalue weighted by Gasteiger charge is -2.22. The van der Waals surface area contributed by atoms with Gasteiger partial charge in [-0.05, 0) is 43.7 Å². The third kappa shape index (κ3) is 5.19. The summed E-state index contributed by atoms with van der Waals surface area (Å²) >= 11 is 0. The Morgan fingerprint density at radius 2 is 1.75 bits per heavy atom. The summed E-state index contributed by atoms with van der Waals surface area (Å²) in [6, 6.07) is 11.1. The number of aromatic nitrogens is 1. The summed E-state index contributed by atoms with van der Waals surface area (Å²) in [6.45, 7) is 4.82. The molecular formula is C19H22N2O3. The number of hydrogen-bond donors (Lipinski definition) is 0. The minimum Gasteiger partial charge on any atom is -0.466 e. The maximum Gasteiger partial charge on any atom is 0.307 e. The number of aryl methyl sites for hydroxylation is 1. The van der Waals surface area contributed by atoms with Gasteiger partial charge in [0, 0.05) is 31.0 Å². The van der Waals surface area contributed by atoms with Gasteiger partial charge in [0.05, 0.1) is 13.0 Å². The van der Waals surface area contributed by atoms with E-state index in [0.717, 1.165) is 11.1 Å². The van der Waals surface area contributed by atoms with Crippen LogP contribution in [0.25, 0.3) is 0 Å². The van der Waals surface area contributed by atoms with Crippen molar-refractivity contribution >= 4 is 11.9 Å². The molecule has 2 aromatic rings. The molecular weight excluding hydrogens is 304 g/mol. The Balaban J connectivity index is 2.13. The van der Waals surface area contributed by atoms with Crippen molar-refractivity contribution in [3.63, 3.8) is 0 Å². The van der Waals surface area contributed by atoms with Crippen LogP contribution in [-0.4, -0.2) is 34.9 Å². The average molecular weight is 326 g/mol. The van der Waals surface area contributed by atoms with Gasteiger partial charge in [0.25, 0.3) is 5.91 Å². The first kappa shape index (κ1) is 17.7. The van der Waals surface area contributed by atoms with Gasteiger partial charge in [0.15, 0.2) is 0 Å². The largest absolute Gasteiger partial charge is 0.466 e. The molecule has 1 aromatic carbocycles. The summed E-state index contributed by atoms with van der Waals surface area (Å²) < 4.78 is 4.96. The van der Waals surface area contributed by atoms with Crippen molar-refractivity contribution in [3.05, 3.63) is 65.5 Å². The molecule has 5 heteroatoms. The van der Waals surface area contributed by atoms with Gasteiger partial charge in [-0.2, -0.15) is 0 Å². The lowest BCUT2D eigenvalue weighted by atomic mass is 10.1. The van der Waals surface area contributed by atoms with Crippen LogP contribution >= 0.6 is 0 Å². The van der Waals surface area contributed by atoms with Crippen molar-refractivity contribution in [3.8, 4) is 0 Å². The molecule has 2 rings (SSSR count). The fourth-order valence-corrected chi connectivity index (χ4v) is 2.30. The fourth-order valence-electron chi connectivity index (χ4n) is 2.30. The molecule has 0 atom stereocenters. The van der Waals surface area contributed by atoms with E-state index in [1.54, 1.807) is 24.2 Å². The molecule has 0 spiro atoms. The minimum absolute atomic E-state index is 0.101. The second-order valence-corrected chi connectivity index (χ2v) is 5.50. The summed E-state index contributed by atoms with van der Waals surface area (Å²) in [6.07, 6.45) is 3.56. The van der Waals surface area contributed by atoms with E-state index < -0.39 is 0 Å². The molecule has 24 heavy (non-hydrogen) atoms. The Bertz CT molecular complexity index is 669. The third-order valence-corrected chi connectivity index (χ3v) is 3.60. The van der Waals surface area contributed by atoms with Crippen molar-refractivity contribution < 1.29 is 14.3 Å². The van der Waals surface area contributed by atoms with Gasteiger partial charge in [0.1, 0.15) is 0 Å². The summed E-state index contributed by atoms with van der Waals surface area (Å²) in [7, 11) is 0. The van der Waals surface area contributed by atoms with Crippen LogP contribution in [0.15, 0.2) is 48.8 Å². The van der Waals surface area contributed by atoms with Gasteiger partial charge >= 0.3 is 5.97 Å². The SMILES string of the molecule is CCOC(=O)CCN(Cc1ccncc1)C(=O)c1ccc(C)cc1. The zero-order chi connectivity index (χ0) is 17.4. The van der Waals surface area contributed by atoms with Crippen LogP contribution in [-0.2, 0) is 16.1 Å². The smallest absolute Gasteiger partial charge is 0.307 e. The van der Waals surface area contributed by atoms with Crippen LogP contribution in [0.1, 0.15) is 34.8 Å². The van der Waals surface area contributed by atoms with Crippen molar-refractivity contribution in [1.29, 1.82) is 0 Å². The Morgan fingerprint density at radius 3 is 2.38 bits per heavy atom. The van der Waals surface area contributed by atoms with E-state index in [9.17, 15) is 9.59 Å². The monoisotopic (exact) mass is 326 g/mol. The first-order valence-electron chi connectivity index (χ1n) is 8.00. The first-order valence-corrected chi connectivity index (χ1v) is 8.00. The second kappa shape index (κ2) is 8.82. The Hall–Kier alpha value is -2.69. The molecule has 1 amide bonds. The van der Waals surface area contributed by atoms with E-state index in [4.69, 9.17) is 4.74 Å². The lowest BCUT2D eigenvalue weighted by Crippen LogP contribution is -2.33. The molecule has 126 valence electrons. The quantitative estimate of drug-likeness (QED) is 0.734. The summed E-state index contributed by atoms with van der Waals surface area (Å²) in [5.41, 5.74) is 2.67. The number of pyridine rings is 1. The zero-order valence-corrected chi connectivity index (χ0v) is 14.1. The van der Waals surface area contributed by atoms with Crippen LogP contribution < -0.4 is 0 Å². The average Bonchev–Trinajstić information content (AvgIpc) is 2.60. The van der Waals surface area contributed by atoms with Gasteiger partial charge in [-0.15, -0.1) is 0 Å². The number of hydrogen-bond acceptors (Lipinski definition) is 4. The molecule has 0 fully saturated rings. The molecule has 0 saturated heterocycles. The maximum atomic E-state index is 12.8. The number of amides is 1. The summed E-state index contributed by atoms with van der Waals surface area (Å²) in [5, 5.41) is 0. The Labute approximate surface area is 142 Å². The molecule has 0 aliphatic carbocycles. The number of benzene rings is 1. The number of rotatable bonds is 7. The molecule has 1 aromatic heterocycles. The summed E-state index contributed by atoms with van der Waals surface area (Å²) in [5.74, 6) is -0.398. The second-order valence-electron chi connectivity index (χ2n) is 5.50. The molecule has 0 bridgehead atoms. The molecule has 5 nitrogen and oxygen atoms in total. The van der Waals surface area contributed by atoms with E-state index in [1.807, 2.05) is 43.3 Å². The van der Waals surface area contributed by atoms with Gasteiger partial charge in [-0.3, -0.25) is 14.6 Å². The van der Waals surface area contributed by atoms with Gasteiger partial charge in [-0.25, -0.2) is 0 Å². The zero-order valence-electron chi connectivity index (χ0n) is 14.1. The van der Waals surface area contributed by atoms with E-state index in [-0.39, 0.29) is 18.3 Å². The minimum atomic E-state index is -0.297. The molecule has 0 aliphatic heterocycles. The number of ether oxygens (including phenoxy) is 1. The maximum absolute atomic E-state index is 12.8. The normalized spacial score (nSPS) is 10.2. The standard InChI is InChI=1S/C19H22N2O3/c1-3-24-18(22)10-13-21(14-16-8-11-20-12-9-16)19(23)17-6-4-15(2)5-7-17/h4-9,11-12H,3,10,13-14H2,1-2H3. The van der Waals surface area contributed by atoms with E-state index in [0.29, 0.717) is 25.3 Å². The Morgan fingerprint density at radius 1 is 1.08 bits per heavy atom. The van der Waals surface area contributed by atoms with Crippen molar-refractivity contribution in [1.82, 2.24) is 9.88 Å². The fraction of sp³-hybridized carbons (Fsp3) is 0.316. The van der Waals surface area contributed by atoms with Crippen LogP contribution in [0.4, 0.5) is 0 Å².